The van der Waals surface area contributed by atoms with E-state index in [-0.39, 0.29) is 29.2 Å². The normalized spacial score (nSPS) is 23.4. The van der Waals surface area contributed by atoms with Crippen LogP contribution in [0.5, 0.6) is 0 Å². The fraction of sp³-hybridized carbons (Fsp3) is 0.533. The lowest BCUT2D eigenvalue weighted by Crippen LogP contribution is -2.39. The van der Waals surface area contributed by atoms with E-state index in [1.807, 2.05) is 6.92 Å². The number of hydrogen-bond donors (Lipinski definition) is 1. The molecule has 2 unspecified atom stereocenters. The number of nitrogens with zero attached hydrogens (tertiary/aromatic N) is 1. The second-order valence-electron chi connectivity index (χ2n) is 5.44. The summed E-state index contributed by atoms with van der Waals surface area (Å²) in [4.78, 5) is 11.9. The minimum atomic E-state index is -3.68. The molecule has 0 aromatic heterocycles. The molecular formula is C15H21NO4S. The fourth-order valence-electron chi connectivity index (χ4n) is 2.71. The van der Waals surface area contributed by atoms with Crippen molar-refractivity contribution in [1.82, 2.24) is 4.31 Å². The number of Topliss-reactive ketones (excluding diaryl/α,β-unsaturated/α-hetero) is 1. The predicted octanol–water partition coefficient (Wildman–Crippen LogP) is 1.67. The number of sulfonamides is 1. The summed E-state index contributed by atoms with van der Waals surface area (Å²) in [7, 11) is -3.68. The van der Waals surface area contributed by atoms with E-state index >= 15 is 0 Å². The van der Waals surface area contributed by atoms with Crippen molar-refractivity contribution in [3.05, 3.63) is 29.8 Å². The van der Waals surface area contributed by atoms with Gasteiger partial charge in [-0.3, -0.25) is 4.79 Å². The van der Waals surface area contributed by atoms with Gasteiger partial charge in [0.05, 0.1) is 17.5 Å². The number of benzene rings is 1. The molecule has 1 aliphatic rings. The topological polar surface area (TPSA) is 74.7 Å². The van der Waals surface area contributed by atoms with Crippen molar-refractivity contribution < 1.29 is 18.3 Å². The van der Waals surface area contributed by atoms with Gasteiger partial charge in [0, 0.05) is 18.5 Å². The van der Waals surface area contributed by atoms with Gasteiger partial charge in [-0.05, 0) is 24.5 Å². The summed E-state index contributed by atoms with van der Waals surface area (Å²) in [5, 5.41) is 9.44. The molecule has 0 amide bonds. The third-order valence-electron chi connectivity index (χ3n) is 4.10. The molecule has 0 saturated carbocycles. The van der Waals surface area contributed by atoms with Gasteiger partial charge in [-0.1, -0.05) is 26.0 Å². The van der Waals surface area contributed by atoms with Crippen LogP contribution in [0.25, 0.3) is 0 Å². The van der Waals surface area contributed by atoms with Gasteiger partial charge in [0.15, 0.2) is 5.78 Å². The first-order valence-electron chi connectivity index (χ1n) is 7.17. The Kier molecular flexibility index (Phi) is 4.81. The van der Waals surface area contributed by atoms with Crippen LogP contribution in [0.15, 0.2) is 29.2 Å². The van der Waals surface area contributed by atoms with E-state index in [0.717, 1.165) is 6.42 Å². The summed E-state index contributed by atoms with van der Waals surface area (Å²) in [5.74, 6) is 0.0470. The smallest absolute Gasteiger partial charge is 0.243 e. The SMILES string of the molecule is CCC(=O)c1cccc(S(=O)(=O)N2CCC(C)C2CO)c1. The van der Waals surface area contributed by atoms with E-state index in [1.165, 1.54) is 16.4 Å². The van der Waals surface area contributed by atoms with E-state index in [4.69, 9.17) is 0 Å². The van der Waals surface area contributed by atoms with Crippen LogP contribution < -0.4 is 0 Å². The number of rotatable bonds is 5. The molecule has 2 rings (SSSR count). The van der Waals surface area contributed by atoms with E-state index in [0.29, 0.717) is 18.5 Å². The molecule has 1 fully saturated rings. The van der Waals surface area contributed by atoms with E-state index in [2.05, 4.69) is 0 Å². The van der Waals surface area contributed by atoms with Crippen molar-refractivity contribution >= 4 is 15.8 Å². The molecule has 1 aromatic rings. The largest absolute Gasteiger partial charge is 0.395 e. The lowest BCUT2D eigenvalue weighted by Gasteiger charge is -2.24. The molecule has 0 bridgehead atoms. The quantitative estimate of drug-likeness (QED) is 0.839. The van der Waals surface area contributed by atoms with Crippen molar-refractivity contribution in [2.24, 2.45) is 5.92 Å². The summed E-state index contributed by atoms with van der Waals surface area (Å²) >= 11 is 0. The van der Waals surface area contributed by atoms with Gasteiger partial charge in [-0.15, -0.1) is 0 Å². The summed E-state index contributed by atoms with van der Waals surface area (Å²) in [5.41, 5.74) is 0.409. The highest BCUT2D eigenvalue weighted by Crippen LogP contribution is 2.30. The van der Waals surface area contributed by atoms with Crippen LogP contribution in [0.4, 0.5) is 0 Å². The van der Waals surface area contributed by atoms with E-state index < -0.39 is 10.0 Å². The number of aliphatic hydroxyl groups excluding tert-OH is 1. The molecule has 1 saturated heterocycles. The van der Waals surface area contributed by atoms with Crippen LogP contribution in [-0.2, 0) is 10.0 Å². The zero-order chi connectivity index (χ0) is 15.6. The van der Waals surface area contributed by atoms with Gasteiger partial charge < -0.3 is 5.11 Å². The second-order valence-corrected chi connectivity index (χ2v) is 7.33. The Morgan fingerprint density at radius 2 is 2.14 bits per heavy atom. The monoisotopic (exact) mass is 311 g/mol. The highest BCUT2D eigenvalue weighted by Gasteiger charge is 2.39. The van der Waals surface area contributed by atoms with Crippen molar-refractivity contribution in [2.45, 2.75) is 37.6 Å². The molecule has 1 aromatic carbocycles. The van der Waals surface area contributed by atoms with Crippen molar-refractivity contribution in [3.8, 4) is 0 Å². The molecule has 5 nitrogen and oxygen atoms in total. The molecule has 1 aliphatic heterocycles. The molecule has 116 valence electrons. The third-order valence-corrected chi connectivity index (χ3v) is 6.02. The lowest BCUT2D eigenvalue weighted by atomic mass is 10.0. The molecule has 0 aliphatic carbocycles. The number of ketones is 1. The zero-order valence-electron chi connectivity index (χ0n) is 12.3. The van der Waals surface area contributed by atoms with Crippen LogP contribution in [0, 0.1) is 5.92 Å². The van der Waals surface area contributed by atoms with Crippen LogP contribution in [0.3, 0.4) is 0 Å². The third kappa shape index (κ3) is 3.02. The van der Waals surface area contributed by atoms with Crippen molar-refractivity contribution in [1.29, 1.82) is 0 Å². The van der Waals surface area contributed by atoms with Crippen molar-refractivity contribution in [2.75, 3.05) is 13.2 Å². The van der Waals surface area contributed by atoms with Crippen LogP contribution in [-0.4, -0.2) is 42.8 Å². The molecular weight excluding hydrogens is 290 g/mol. The van der Waals surface area contributed by atoms with Gasteiger partial charge in [-0.25, -0.2) is 8.42 Å². The molecule has 1 N–H and O–H groups in total. The predicted molar refractivity (Wildman–Crippen MR) is 79.6 cm³/mol. The van der Waals surface area contributed by atoms with Crippen LogP contribution in [0.2, 0.25) is 0 Å². The Bertz CT molecular complexity index is 626. The minimum Gasteiger partial charge on any atom is -0.395 e. The molecule has 0 radical (unpaired) electrons. The highest BCUT2D eigenvalue weighted by molar-refractivity contribution is 7.89. The summed E-state index contributed by atoms with van der Waals surface area (Å²) < 4.78 is 26.8. The number of carbonyl (C=O) groups is 1. The van der Waals surface area contributed by atoms with Crippen LogP contribution >= 0.6 is 0 Å². The maximum atomic E-state index is 12.7. The Morgan fingerprint density at radius 1 is 1.43 bits per heavy atom. The maximum absolute atomic E-state index is 12.7. The summed E-state index contributed by atoms with van der Waals surface area (Å²) in [6.07, 6.45) is 1.07. The van der Waals surface area contributed by atoms with Crippen LogP contribution in [0.1, 0.15) is 37.0 Å². The average molecular weight is 311 g/mol. The standard InChI is InChI=1S/C15H21NO4S/c1-3-15(18)12-5-4-6-13(9-12)21(19,20)16-8-7-11(2)14(16)10-17/h4-6,9,11,14,17H,3,7-8,10H2,1-2H3. The number of hydrogen-bond acceptors (Lipinski definition) is 4. The van der Waals surface area contributed by atoms with Gasteiger partial charge in [0.1, 0.15) is 0 Å². The number of carbonyl (C=O) groups excluding carboxylic acids is 1. The van der Waals surface area contributed by atoms with Gasteiger partial charge >= 0.3 is 0 Å². The molecule has 0 spiro atoms. The fourth-order valence-corrected chi connectivity index (χ4v) is 4.49. The first kappa shape index (κ1) is 16.1. The van der Waals surface area contributed by atoms with E-state index in [1.54, 1.807) is 19.1 Å². The first-order valence-corrected chi connectivity index (χ1v) is 8.61. The van der Waals surface area contributed by atoms with Gasteiger partial charge in [0.25, 0.3) is 0 Å². The number of aliphatic hydroxyl groups is 1. The van der Waals surface area contributed by atoms with Crippen molar-refractivity contribution in [3.63, 3.8) is 0 Å². The maximum Gasteiger partial charge on any atom is 0.243 e. The van der Waals surface area contributed by atoms with Gasteiger partial charge in [-0.2, -0.15) is 4.31 Å². The van der Waals surface area contributed by atoms with Gasteiger partial charge in [0.2, 0.25) is 10.0 Å². The zero-order valence-corrected chi connectivity index (χ0v) is 13.1. The molecule has 21 heavy (non-hydrogen) atoms. The average Bonchev–Trinajstić information content (AvgIpc) is 2.88. The highest BCUT2D eigenvalue weighted by atomic mass is 32.2. The molecule has 6 heteroatoms. The summed E-state index contributed by atoms with van der Waals surface area (Å²) in [6.45, 7) is 3.90. The minimum absolute atomic E-state index is 0.0828. The Morgan fingerprint density at radius 3 is 2.76 bits per heavy atom. The van der Waals surface area contributed by atoms with E-state index in [9.17, 15) is 18.3 Å². The first-order chi connectivity index (χ1) is 9.91. The Labute approximate surface area is 125 Å². The second kappa shape index (κ2) is 6.25. The molecule has 1 heterocycles. The Balaban J connectivity index is 2.38. The Hall–Kier alpha value is -1.24. The summed E-state index contributed by atoms with van der Waals surface area (Å²) in [6, 6.07) is 5.75. The lowest BCUT2D eigenvalue weighted by molar-refractivity contribution is 0.0988. The molecule has 2 atom stereocenters.